The Bertz CT molecular complexity index is 974. The Morgan fingerprint density at radius 1 is 1.12 bits per heavy atom. The Balaban J connectivity index is 1.64. The van der Waals surface area contributed by atoms with E-state index in [9.17, 15) is 9.59 Å². The number of amides is 2. The molecule has 1 aliphatic rings. The fourth-order valence-corrected chi connectivity index (χ4v) is 3.74. The minimum Gasteiger partial charge on any atom is -0.323 e. The van der Waals surface area contributed by atoms with Crippen molar-refractivity contribution in [3.8, 4) is 0 Å². The molecule has 0 saturated heterocycles. The minimum atomic E-state index is -0.201. The lowest BCUT2D eigenvalue weighted by Crippen LogP contribution is -2.41. The lowest BCUT2D eigenvalue weighted by Gasteiger charge is -2.28. The van der Waals surface area contributed by atoms with Crippen molar-refractivity contribution in [3.05, 3.63) is 65.6 Å². The number of fused-ring (bicyclic) bond motifs is 2. The maximum absolute atomic E-state index is 12.6. The van der Waals surface area contributed by atoms with E-state index in [-0.39, 0.29) is 18.4 Å². The Kier molecular flexibility index (Phi) is 3.63. The van der Waals surface area contributed by atoms with Gasteiger partial charge in [0.25, 0.3) is 5.91 Å². The monoisotopic (exact) mass is 334 g/mol. The van der Waals surface area contributed by atoms with E-state index in [1.165, 1.54) is 15.7 Å². The van der Waals surface area contributed by atoms with Crippen molar-refractivity contribution in [1.82, 2.24) is 0 Å². The van der Waals surface area contributed by atoms with Crippen LogP contribution in [0.5, 0.6) is 0 Å². The molecule has 2 amide bonds. The van der Waals surface area contributed by atoms with Crippen molar-refractivity contribution in [3.63, 3.8) is 0 Å². The Morgan fingerprint density at radius 3 is 2.83 bits per heavy atom. The molecule has 4 nitrogen and oxygen atoms in total. The van der Waals surface area contributed by atoms with E-state index in [0.717, 1.165) is 16.6 Å². The van der Waals surface area contributed by atoms with E-state index in [4.69, 9.17) is 0 Å². The number of rotatable bonds is 2. The summed E-state index contributed by atoms with van der Waals surface area (Å²) in [6, 6.07) is 15.4. The Hall–Kier alpha value is -2.92. The van der Waals surface area contributed by atoms with Gasteiger partial charge in [0.05, 0.1) is 11.4 Å². The topological polar surface area (TPSA) is 49.4 Å². The van der Waals surface area contributed by atoms with Crippen LogP contribution in [0.1, 0.15) is 5.56 Å². The number of nitrogens with zero attached hydrogens (tertiary/aromatic N) is 1. The Morgan fingerprint density at radius 2 is 1.92 bits per heavy atom. The molecule has 4 rings (SSSR count). The van der Waals surface area contributed by atoms with E-state index in [2.05, 4.69) is 11.4 Å². The highest BCUT2D eigenvalue weighted by Crippen LogP contribution is 2.30. The molecule has 0 fully saturated rings. The smallest absolute Gasteiger partial charge is 0.251 e. The molecule has 2 aromatic carbocycles. The number of carbonyl (C=O) groups is 2. The fourth-order valence-electron chi connectivity index (χ4n) is 2.81. The number of nitrogens with one attached hydrogen (secondary N) is 1. The van der Waals surface area contributed by atoms with Gasteiger partial charge in [-0.05, 0) is 40.6 Å². The standard InChI is InChI=1S/C19H14N2O2S/c22-18-11-21(16-7-3-2-6-15(16)20-18)19(23)10-9-13-12-24-17-8-4-1-5-14(13)17/h1-10,12H,11H2,(H,20,22)/b10-9+. The van der Waals surface area contributed by atoms with Crippen LogP contribution in [0.2, 0.25) is 0 Å². The average Bonchev–Trinajstić information content (AvgIpc) is 3.02. The summed E-state index contributed by atoms with van der Waals surface area (Å²) in [5.74, 6) is -0.385. The van der Waals surface area contributed by atoms with Crippen LogP contribution in [-0.2, 0) is 9.59 Å². The zero-order chi connectivity index (χ0) is 16.5. The van der Waals surface area contributed by atoms with Gasteiger partial charge in [-0.3, -0.25) is 14.5 Å². The molecule has 1 aliphatic heterocycles. The molecule has 2 heterocycles. The van der Waals surface area contributed by atoms with E-state index < -0.39 is 0 Å². The van der Waals surface area contributed by atoms with Gasteiger partial charge in [0, 0.05) is 10.8 Å². The van der Waals surface area contributed by atoms with Gasteiger partial charge in [0.1, 0.15) is 6.54 Å². The molecule has 0 unspecified atom stereocenters. The number of thiophene rings is 1. The Labute approximate surface area is 143 Å². The molecule has 0 atom stereocenters. The van der Waals surface area contributed by atoms with Gasteiger partial charge < -0.3 is 5.32 Å². The van der Waals surface area contributed by atoms with Crippen LogP contribution in [0.25, 0.3) is 16.2 Å². The highest BCUT2D eigenvalue weighted by atomic mass is 32.1. The minimum absolute atomic E-state index is 0.0323. The van der Waals surface area contributed by atoms with Crippen LogP contribution in [-0.4, -0.2) is 18.4 Å². The maximum Gasteiger partial charge on any atom is 0.251 e. The molecular formula is C19H14N2O2S. The van der Waals surface area contributed by atoms with Gasteiger partial charge in [-0.1, -0.05) is 30.3 Å². The second kappa shape index (κ2) is 5.94. The number of carbonyl (C=O) groups excluding carboxylic acids is 2. The third-order valence-electron chi connectivity index (χ3n) is 3.95. The first kappa shape index (κ1) is 14.7. The van der Waals surface area contributed by atoms with E-state index >= 15 is 0 Å². The van der Waals surface area contributed by atoms with Gasteiger partial charge in [0.15, 0.2) is 0 Å². The lowest BCUT2D eigenvalue weighted by atomic mass is 10.1. The normalized spacial score (nSPS) is 14.0. The first-order chi connectivity index (χ1) is 11.7. The lowest BCUT2D eigenvalue weighted by molar-refractivity contribution is -0.119. The van der Waals surface area contributed by atoms with Crippen molar-refractivity contribution in [2.75, 3.05) is 16.8 Å². The quantitative estimate of drug-likeness (QED) is 0.723. The molecule has 24 heavy (non-hydrogen) atoms. The van der Waals surface area contributed by atoms with E-state index in [1.807, 2.05) is 47.9 Å². The summed E-state index contributed by atoms with van der Waals surface area (Å²) in [6.07, 6.45) is 3.35. The highest BCUT2D eigenvalue weighted by Gasteiger charge is 2.25. The van der Waals surface area contributed by atoms with Crippen molar-refractivity contribution in [2.24, 2.45) is 0 Å². The zero-order valence-corrected chi connectivity index (χ0v) is 13.5. The molecule has 5 heteroatoms. The van der Waals surface area contributed by atoms with Crippen molar-refractivity contribution >= 4 is 50.7 Å². The second-order valence-corrected chi connectivity index (χ2v) is 6.42. The summed E-state index contributed by atoms with van der Waals surface area (Å²) in [5.41, 5.74) is 2.40. The predicted octanol–water partition coefficient (Wildman–Crippen LogP) is 3.90. The SMILES string of the molecule is O=C1CN(C(=O)/C=C/c2csc3ccccc23)c2ccccc2N1. The van der Waals surface area contributed by atoms with Crippen molar-refractivity contribution < 1.29 is 9.59 Å². The second-order valence-electron chi connectivity index (χ2n) is 5.51. The summed E-state index contributed by atoms with van der Waals surface area (Å²) < 4.78 is 1.19. The molecule has 1 N–H and O–H groups in total. The van der Waals surface area contributed by atoms with Gasteiger partial charge in [-0.2, -0.15) is 0 Å². The third kappa shape index (κ3) is 2.59. The van der Waals surface area contributed by atoms with Crippen LogP contribution in [0, 0.1) is 0 Å². The summed E-state index contributed by atoms with van der Waals surface area (Å²) in [6.45, 7) is 0.0323. The number of hydrogen-bond donors (Lipinski definition) is 1. The van der Waals surface area contributed by atoms with E-state index in [1.54, 1.807) is 17.4 Å². The third-order valence-corrected chi connectivity index (χ3v) is 4.93. The number of hydrogen-bond acceptors (Lipinski definition) is 3. The molecule has 0 bridgehead atoms. The fraction of sp³-hybridized carbons (Fsp3) is 0.0526. The summed E-state index contributed by atoms with van der Waals surface area (Å²) >= 11 is 1.65. The summed E-state index contributed by atoms with van der Waals surface area (Å²) in [7, 11) is 0. The molecule has 0 spiro atoms. The largest absolute Gasteiger partial charge is 0.323 e. The first-order valence-corrected chi connectivity index (χ1v) is 8.45. The first-order valence-electron chi connectivity index (χ1n) is 7.57. The van der Waals surface area contributed by atoms with Gasteiger partial charge in [0.2, 0.25) is 5.91 Å². The maximum atomic E-state index is 12.6. The molecular weight excluding hydrogens is 320 g/mol. The van der Waals surface area contributed by atoms with Crippen LogP contribution >= 0.6 is 11.3 Å². The predicted molar refractivity (Wildman–Crippen MR) is 98.3 cm³/mol. The molecule has 0 radical (unpaired) electrons. The molecule has 0 aliphatic carbocycles. The molecule has 118 valence electrons. The van der Waals surface area contributed by atoms with Crippen LogP contribution in [0.4, 0.5) is 11.4 Å². The zero-order valence-electron chi connectivity index (χ0n) is 12.7. The van der Waals surface area contributed by atoms with Gasteiger partial charge in [-0.25, -0.2) is 0 Å². The number of benzene rings is 2. The average molecular weight is 334 g/mol. The van der Waals surface area contributed by atoms with Gasteiger partial charge >= 0.3 is 0 Å². The van der Waals surface area contributed by atoms with Crippen LogP contribution < -0.4 is 10.2 Å². The molecule has 0 saturated carbocycles. The van der Waals surface area contributed by atoms with Crippen LogP contribution in [0.15, 0.2) is 60.0 Å². The van der Waals surface area contributed by atoms with E-state index in [0.29, 0.717) is 5.69 Å². The molecule has 3 aromatic rings. The molecule has 1 aromatic heterocycles. The van der Waals surface area contributed by atoms with Gasteiger partial charge in [-0.15, -0.1) is 11.3 Å². The van der Waals surface area contributed by atoms with Crippen molar-refractivity contribution in [2.45, 2.75) is 0 Å². The van der Waals surface area contributed by atoms with Crippen molar-refractivity contribution in [1.29, 1.82) is 0 Å². The highest BCUT2D eigenvalue weighted by molar-refractivity contribution is 7.17. The number of para-hydroxylation sites is 2. The van der Waals surface area contributed by atoms with Crippen LogP contribution in [0.3, 0.4) is 0 Å². The summed E-state index contributed by atoms with van der Waals surface area (Å²) in [4.78, 5) is 25.9. The summed E-state index contributed by atoms with van der Waals surface area (Å²) in [5, 5.41) is 5.94. The number of anilines is 2.